The second kappa shape index (κ2) is 6.33. The molecule has 0 aromatic heterocycles. The summed E-state index contributed by atoms with van der Waals surface area (Å²) >= 11 is 0. The van der Waals surface area contributed by atoms with Crippen LogP contribution < -0.4 is 5.32 Å². The maximum absolute atomic E-state index is 11.9. The van der Waals surface area contributed by atoms with Crippen molar-refractivity contribution in [3.8, 4) is 0 Å². The summed E-state index contributed by atoms with van der Waals surface area (Å²) in [5.74, 6) is 0.117. The van der Waals surface area contributed by atoms with Crippen molar-refractivity contribution < 1.29 is 14.6 Å². The van der Waals surface area contributed by atoms with Crippen LogP contribution in [-0.2, 0) is 9.53 Å². The fraction of sp³-hybridized carbons (Fsp3) is 0.917. The molecule has 17 heavy (non-hydrogen) atoms. The second-order valence-electron chi connectivity index (χ2n) is 4.83. The maximum Gasteiger partial charge on any atom is 0.236 e. The fourth-order valence-corrected chi connectivity index (χ4v) is 2.49. The topological polar surface area (TPSA) is 61.8 Å². The number of aliphatic hydroxyl groups is 1. The summed E-state index contributed by atoms with van der Waals surface area (Å²) in [6.07, 6.45) is 3.76. The van der Waals surface area contributed by atoms with E-state index in [0.717, 1.165) is 25.7 Å². The Morgan fingerprint density at radius 2 is 2.00 bits per heavy atom. The summed E-state index contributed by atoms with van der Waals surface area (Å²) in [5, 5.41) is 13.0. The molecule has 1 amide bonds. The molecule has 0 unspecified atom stereocenters. The van der Waals surface area contributed by atoms with Crippen LogP contribution in [0.2, 0.25) is 0 Å². The Kier molecular flexibility index (Phi) is 4.76. The highest BCUT2D eigenvalue weighted by molar-refractivity contribution is 5.78. The zero-order valence-corrected chi connectivity index (χ0v) is 10.2. The third-order valence-electron chi connectivity index (χ3n) is 3.61. The Morgan fingerprint density at radius 3 is 2.71 bits per heavy atom. The van der Waals surface area contributed by atoms with Gasteiger partial charge in [0.2, 0.25) is 5.91 Å². The van der Waals surface area contributed by atoms with Crippen LogP contribution in [0.5, 0.6) is 0 Å². The quantitative estimate of drug-likeness (QED) is 0.716. The predicted octanol–water partition coefficient (Wildman–Crippen LogP) is -0.262. The Bertz CT molecular complexity index is 254. The van der Waals surface area contributed by atoms with Crippen LogP contribution in [0, 0.1) is 0 Å². The number of morpholine rings is 1. The van der Waals surface area contributed by atoms with Crippen LogP contribution in [0.1, 0.15) is 25.7 Å². The van der Waals surface area contributed by atoms with Gasteiger partial charge in [0.15, 0.2) is 0 Å². The first-order valence-electron chi connectivity index (χ1n) is 6.54. The number of amides is 1. The van der Waals surface area contributed by atoms with Gasteiger partial charge in [0, 0.05) is 19.1 Å². The summed E-state index contributed by atoms with van der Waals surface area (Å²) in [7, 11) is 0. The van der Waals surface area contributed by atoms with E-state index in [2.05, 4.69) is 5.32 Å². The van der Waals surface area contributed by atoms with Crippen molar-refractivity contribution >= 4 is 5.91 Å². The van der Waals surface area contributed by atoms with E-state index in [-0.39, 0.29) is 18.1 Å². The largest absolute Gasteiger partial charge is 0.392 e. The smallest absolute Gasteiger partial charge is 0.236 e. The molecule has 1 saturated carbocycles. The lowest BCUT2D eigenvalue weighted by Crippen LogP contribution is -2.49. The van der Waals surface area contributed by atoms with Gasteiger partial charge in [-0.25, -0.2) is 0 Å². The fourth-order valence-electron chi connectivity index (χ4n) is 2.49. The van der Waals surface area contributed by atoms with Crippen LogP contribution in [-0.4, -0.2) is 60.9 Å². The molecule has 0 spiro atoms. The number of rotatable bonds is 3. The normalized spacial score (nSPS) is 30.3. The van der Waals surface area contributed by atoms with E-state index in [1.54, 1.807) is 0 Å². The van der Waals surface area contributed by atoms with Crippen LogP contribution in [0.15, 0.2) is 0 Å². The van der Waals surface area contributed by atoms with Gasteiger partial charge in [0.1, 0.15) is 0 Å². The number of hydrogen-bond acceptors (Lipinski definition) is 4. The molecule has 1 heterocycles. The highest BCUT2D eigenvalue weighted by Crippen LogP contribution is 2.18. The van der Waals surface area contributed by atoms with Crippen molar-refractivity contribution in [2.24, 2.45) is 0 Å². The molecular formula is C12H22N2O3. The average molecular weight is 242 g/mol. The molecule has 2 aliphatic rings. The van der Waals surface area contributed by atoms with Gasteiger partial charge >= 0.3 is 0 Å². The highest BCUT2D eigenvalue weighted by Gasteiger charge is 2.24. The standard InChI is InChI=1S/C12H22N2O3/c15-11-4-2-1-3-10(11)13-9-12(16)14-5-7-17-8-6-14/h10-11,13,15H,1-9H2/t10-,11-/m0/s1. The minimum absolute atomic E-state index is 0.0914. The van der Waals surface area contributed by atoms with Crippen LogP contribution in [0.4, 0.5) is 0 Å². The zero-order valence-electron chi connectivity index (χ0n) is 10.2. The molecular weight excluding hydrogens is 220 g/mol. The minimum Gasteiger partial charge on any atom is -0.392 e. The number of hydrogen-bond donors (Lipinski definition) is 2. The molecule has 98 valence electrons. The van der Waals surface area contributed by atoms with E-state index in [4.69, 9.17) is 4.74 Å². The molecule has 0 aromatic carbocycles. The molecule has 2 N–H and O–H groups in total. The molecule has 0 radical (unpaired) electrons. The first kappa shape index (κ1) is 12.8. The summed E-state index contributed by atoms with van der Waals surface area (Å²) in [6, 6.07) is 0.0914. The van der Waals surface area contributed by atoms with Crippen molar-refractivity contribution in [3.63, 3.8) is 0 Å². The highest BCUT2D eigenvalue weighted by atomic mass is 16.5. The summed E-state index contributed by atoms with van der Waals surface area (Å²) in [4.78, 5) is 13.7. The van der Waals surface area contributed by atoms with E-state index in [1.165, 1.54) is 0 Å². The van der Waals surface area contributed by atoms with Gasteiger partial charge in [-0.3, -0.25) is 4.79 Å². The van der Waals surface area contributed by atoms with Crippen LogP contribution >= 0.6 is 0 Å². The zero-order chi connectivity index (χ0) is 12.1. The Hall–Kier alpha value is -0.650. The Labute approximate surface area is 102 Å². The lowest BCUT2D eigenvalue weighted by Gasteiger charge is -2.31. The Morgan fingerprint density at radius 1 is 1.29 bits per heavy atom. The molecule has 2 fully saturated rings. The number of nitrogens with one attached hydrogen (secondary N) is 1. The SMILES string of the molecule is O=C(CN[C@H]1CCCC[C@@H]1O)N1CCOCC1. The number of ether oxygens (including phenoxy) is 1. The average Bonchev–Trinajstić information content (AvgIpc) is 2.38. The van der Waals surface area contributed by atoms with E-state index in [0.29, 0.717) is 32.8 Å². The van der Waals surface area contributed by atoms with Crippen molar-refractivity contribution in [1.82, 2.24) is 10.2 Å². The predicted molar refractivity (Wildman–Crippen MR) is 63.7 cm³/mol. The molecule has 2 atom stereocenters. The Balaban J connectivity index is 1.71. The monoisotopic (exact) mass is 242 g/mol. The third kappa shape index (κ3) is 3.66. The van der Waals surface area contributed by atoms with Gasteiger partial charge in [0.05, 0.1) is 25.9 Å². The number of carbonyl (C=O) groups is 1. The van der Waals surface area contributed by atoms with Gasteiger partial charge in [-0.1, -0.05) is 12.8 Å². The maximum atomic E-state index is 11.9. The molecule has 0 aromatic rings. The van der Waals surface area contributed by atoms with Crippen molar-refractivity contribution in [1.29, 1.82) is 0 Å². The summed E-state index contributed by atoms with van der Waals surface area (Å²) < 4.78 is 5.21. The first-order valence-corrected chi connectivity index (χ1v) is 6.54. The third-order valence-corrected chi connectivity index (χ3v) is 3.61. The summed E-state index contributed by atoms with van der Waals surface area (Å²) in [6.45, 7) is 2.98. The van der Waals surface area contributed by atoms with E-state index >= 15 is 0 Å². The number of nitrogens with zero attached hydrogens (tertiary/aromatic N) is 1. The molecule has 1 aliphatic carbocycles. The van der Waals surface area contributed by atoms with Gasteiger partial charge in [-0.05, 0) is 12.8 Å². The molecule has 0 bridgehead atoms. The van der Waals surface area contributed by atoms with Crippen LogP contribution in [0.25, 0.3) is 0 Å². The number of aliphatic hydroxyl groups excluding tert-OH is 1. The van der Waals surface area contributed by atoms with Crippen LogP contribution in [0.3, 0.4) is 0 Å². The minimum atomic E-state index is -0.291. The first-order chi connectivity index (χ1) is 8.27. The molecule has 5 heteroatoms. The van der Waals surface area contributed by atoms with Crippen molar-refractivity contribution in [3.05, 3.63) is 0 Å². The molecule has 1 aliphatic heterocycles. The van der Waals surface area contributed by atoms with Gasteiger partial charge in [0.25, 0.3) is 0 Å². The van der Waals surface area contributed by atoms with Gasteiger partial charge in [-0.2, -0.15) is 0 Å². The number of carbonyl (C=O) groups excluding carboxylic acids is 1. The molecule has 1 saturated heterocycles. The van der Waals surface area contributed by atoms with Crippen molar-refractivity contribution in [2.45, 2.75) is 37.8 Å². The van der Waals surface area contributed by atoms with E-state index < -0.39 is 0 Å². The van der Waals surface area contributed by atoms with E-state index in [9.17, 15) is 9.90 Å². The lowest BCUT2D eigenvalue weighted by atomic mass is 9.92. The van der Waals surface area contributed by atoms with Gasteiger partial charge in [-0.15, -0.1) is 0 Å². The lowest BCUT2D eigenvalue weighted by molar-refractivity contribution is -0.134. The molecule has 5 nitrogen and oxygen atoms in total. The van der Waals surface area contributed by atoms with Crippen molar-refractivity contribution in [2.75, 3.05) is 32.8 Å². The van der Waals surface area contributed by atoms with E-state index in [1.807, 2.05) is 4.90 Å². The van der Waals surface area contributed by atoms with Gasteiger partial charge < -0.3 is 20.1 Å². The second-order valence-corrected chi connectivity index (χ2v) is 4.83. The molecule has 2 rings (SSSR count). The summed E-state index contributed by atoms with van der Waals surface area (Å²) in [5.41, 5.74) is 0.